The summed E-state index contributed by atoms with van der Waals surface area (Å²) in [4.78, 5) is 11.0. The Morgan fingerprint density at radius 1 is 1.44 bits per heavy atom. The molecule has 3 nitrogen and oxygen atoms in total. The molecule has 2 rings (SSSR count). The van der Waals surface area contributed by atoms with E-state index in [2.05, 4.69) is 6.92 Å². The minimum atomic E-state index is -1.03. The van der Waals surface area contributed by atoms with Gasteiger partial charge in [0.15, 0.2) is 0 Å². The third-order valence-corrected chi connectivity index (χ3v) is 3.69. The molecule has 1 saturated carbocycles. The number of carboxylic acid groups (broad SMARTS) is 1. The van der Waals surface area contributed by atoms with Crippen molar-refractivity contribution in [1.82, 2.24) is 0 Å². The van der Waals surface area contributed by atoms with E-state index in [1.54, 1.807) is 12.1 Å². The van der Waals surface area contributed by atoms with Crippen molar-refractivity contribution in [3.8, 4) is 5.75 Å². The lowest BCUT2D eigenvalue weighted by molar-refractivity contribution is 0.0695. The molecule has 1 aromatic rings. The summed E-state index contributed by atoms with van der Waals surface area (Å²) in [6, 6.07) is 4.81. The Balaban J connectivity index is 2.09. The molecule has 1 aliphatic carbocycles. The van der Waals surface area contributed by atoms with Crippen LogP contribution in [0.1, 0.15) is 43.0 Å². The third-order valence-electron chi connectivity index (χ3n) is 3.36. The Labute approximate surface area is 112 Å². The predicted molar refractivity (Wildman–Crippen MR) is 70.5 cm³/mol. The van der Waals surface area contributed by atoms with Gasteiger partial charge in [0.05, 0.1) is 16.7 Å². The number of aromatic carboxylic acids is 1. The summed E-state index contributed by atoms with van der Waals surface area (Å²) >= 11 is 5.82. The lowest BCUT2D eigenvalue weighted by Gasteiger charge is -2.27. The fourth-order valence-corrected chi connectivity index (χ4v) is 2.62. The highest BCUT2D eigenvalue weighted by molar-refractivity contribution is 6.33. The molecule has 0 saturated heterocycles. The van der Waals surface area contributed by atoms with Crippen LogP contribution in [0.15, 0.2) is 18.2 Å². The van der Waals surface area contributed by atoms with Crippen LogP contribution in [0.5, 0.6) is 5.75 Å². The van der Waals surface area contributed by atoms with Crippen molar-refractivity contribution in [3.05, 3.63) is 28.8 Å². The average molecular weight is 269 g/mol. The molecule has 1 aliphatic rings. The first-order chi connectivity index (χ1) is 8.56. The summed E-state index contributed by atoms with van der Waals surface area (Å²) in [6.07, 6.45) is 4.68. The summed E-state index contributed by atoms with van der Waals surface area (Å²) in [7, 11) is 0. The van der Waals surface area contributed by atoms with E-state index in [0.717, 1.165) is 12.8 Å². The van der Waals surface area contributed by atoms with Crippen LogP contribution >= 0.6 is 11.6 Å². The summed E-state index contributed by atoms with van der Waals surface area (Å²) in [5.74, 6) is 0.244. The number of benzene rings is 1. The molecule has 1 N–H and O–H groups in total. The molecule has 0 aliphatic heterocycles. The number of ether oxygens (including phenoxy) is 1. The smallest absolute Gasteiger partial charge is 0.337 e. The minimum Gasteiger partial charge on any atom is -0.490 e. The molecular formula is C14H17ClO3. The van der Waals surface area contributed by atoms with E-state index >= 15 is 0 Å². The van der Waals surface area contributed by atoms with E-state index in [1.165, 1.54) is 18.9 Å². The molecule has 1 fully saturated rings. The van der Waals surface area contributed by atoms with Gasteiger partial charge in [-0.15, -0.1) is 0 Å². The average Bonchev–Trinajstić information content (AvgIpc) is 2.31. The zero-order valence-corrected chi connectivity index (χ0v) is 11.1. The highest BCUT2D eigenvalue weighted by atomic mass is 35.5. The molecule has 18 heavy (non-hydrogen) atoms. The third kappa shape index (κ3) is 3.16. The first-order valence-electron chi connectivity index (χ1n) is 6.25. The molecular weight excluding hydrogens is 252 g/mol. The fourth-order valence-electron chi connectivity index (χ4n) is 2.42. The van der Waals surface area contributed by atoms with Crippen molar-refractivity contribution >= 4 is 17.6 Å². The number of halogens is 1. The van der Waals surface area contributed by atoms with Gasteiger partial charge < -0.3 is 9.84 Å². The van der Waals surface area contributed by atoms with Gasteiger partial charge in [-0.2, -0.15) is 0 Å². The highest BCUT2D eigenvalue weighted by Gasteiger charge is 2.20. The number of rotatable bonds is 3. The highest BCUT2D eigenvalue weighted by Crippen LogP contribution is 2.29. The van der Waals surface area contributed by atoms with Crippen molar-refractivity contribution in [2.75, 3.05) is 0 Å². The van der Waals surface area contributed by atoms with Gasteiger partial charge in [0, 0.05) is 0 Å². The Kier molecular flexibility index (Phi) is 4.12. The van der Waals surface area contributed by atoms with E-state index in [0.29, 0.717) is 11.7 Å². The van der Waals surface area contributed by atoms with Gasteiger partial charge in [-0.1, -0.05) is 24.9 Å². The van der Waals surface area contributed by atoms with Crippen LogP contribution < -0.4 is 4.74 Å². The Bertz CT molecular complexity index is 445. The van der Waals surface area contributed by atoms with Gasteiger partial charge in [-0.3, -0.25) is 0 Å². The quantitative estimate of drug-likeness (QED) is 0.901. The molecule has 2 unspecified atom stereocenters. The topological polar surface area (TPSA) is 46.5 Å². The van der Waals surface area contributed by atoms with Gasteiger partial charge in [-0.25, -0.2) is 4.79 Å². The largest absolute Gasteiger partial charge is 0.490 e. The molecule has 0 aromatic heterocycles. The normalized spacial score (nSPS) is 23.7. The van der Waals surface area contributed by atoms with Crippen LogP contribution in [-0.2, 0) is 0 Å². The van der Waals surface area contributed by atoms with Crippen molar-refractivity contribution in [2.45, 2.75) is 38.7 Å². The van der Waals surface area contributed by atoms with Crippen LogP contribution in [0.4, 0.5) is 0 Å². The van der Waals surface area contributed by atoms with Crippen molar-refractivity contribution in [1.29, 1.82) is 0 Å². The van der Waals surface area contributed by atoms with E-state index in [-0.39, 0.29) is 16.7 Å². The summed E-state index contributed by atoms with van der Waals surface area (Å²) in [5.41, 5.74) is 0.0954. The maximum absolute atomic E-state index is 11.0. The first-order valence-corrected chi connectivity index (χ1v) is 6.63. The number of carbonyl (C=O) groups is 1. The van der Waals surface area contributed by atoms with E-state index in [1.807, 2.05) is 0 Å². The zero-order chi connectivity index (χ0) is 13.1. The lowest BCUT2D eigenvalue weighted by atomic mass is 9.89. The monoisotopic (exact) mass is 268 g/mol. The molecule has 2 atom stereocenters. The number of carboxylic acids is 1. The maximum Gasteiger partial charge on any atom is 0.337 e. The van der Waals surface area contributed by atoms with E-state index in [4.69, 9.17) is 21.4 Å². The minimum absolute atomic E-state index is 0.0954. The van der Waals surface area contributed by atoms with Gasteiger partial charge in [0.25, 0.3) is 0 Å². The van der Waals surface area contributed by atoms with E-state index < -0.39 is 5.97 Å². The summed E-state index contributed by atoms with van der Waals surface area (Å²) < 4.78 is 5.85. The number of hydrogen-bond acceptors (Lipinski definition) is 2. The van der Waals surface area contributed by atoms with Gasteiger partial charge in [0.2, 0.25) is 0 Å². The van der Waals surface area contributed by atoms with Crippen molar-refractivity contribution in [2.24, 2.45) is 5.92 Å². The predicted octanol–water partition coefficient (Wildman–Crippen LogP) is 4.00. The lowest BCUT2D eigenvalue weighted by Crippen LogP contribution is -2.24. The van der Waals surface area contributed by atoms with Crippen LogP contribution in [0.25, 0.3) is 0 Å². The summed E-state index contributed by atoms with van der Waals surface area (Å²) in [5, 5.41) is 9.24. The standard InChI is InChI=1S/C14H17ClO3/c1-9-3-2-4-10(7-9)18-11-5-6-13(15)12(8-11)14(16)17/h5-6,8-10H,2-4,7H2,1H3,(H,16,17). The second-order valence-electron chi connectivity index (χ2n) is 4.96. The molecule has 4 heteroatoms. The second kappa shape index (κ2) is 5.61. The van der Waals surface area contributed by atoms with Gasteiger partial charge in [-0.05, 0) is 43.4 Å². The van der Waals surface area contributed by atoms with Gasteiger partial charge >= 0.3 is 5.97 Å². The second-order valence-corrected chi connectivity index (χ2v) is 5.37. The zero-order valence-electron chi connectivity index (χ0n) is 10.4. The van der Waals surface area contributed by atoms with Crippen LogP contribution in [0.2, 0.25) is 5.02 Å². The van der Waals surface area contributed by atoms with E-state index in [9.17, 15) is 4.79 Å². The van der Waals surface area contributed by atoms with Crippen LogP contribution in [0.3, 0.4) is 0 Å². The Morgan fingerprint density at radius 3 is 2.89 bits per heavy atom. The van der Waals surface area contributed by atoms with Crippen LogP contribution in [0, 0.1) is 5.92 Å². The Morgan fingerprint density at radius 2 is 2.22 bits per heavy atom. The van der Waals surface area contributed by atoms with Crippen molar-refractivity contribution in [3.63, 3.8) is 0 Å². The molecule has 0 radical (unpaired) electrons. The first kappa shape index (κ1) is 13.2. The molecule has 1 aromatic carbocycles. The SMILES string of the molecule is CC1CCCC(Oc2ccc(Cl)c(C(=O)O)c2)C1. The fraction of sp³-hybridized carbons (Fsp3) is 0.500. The molecule has 0 amide bonds. The van der Waals surface area contributed by atoms with Crippen molar-refractivity contribution < 1.29 is 14.6 Å². The molecule has 0 bridgehead atoms. The summed E-state index contributed by atoms with van der Waals surface area (Å²) in [6.45, 7) is 2.22. The van der Waals surface area contributed by atoms with Crippen LogP contribution in [-0.4, -0.2) is 17.2 Å². The Hall–Kier alpha value is -1.22. The molecule has 0 spiro atoms. The van der Waals surface area contributed by atoms with Gasteiger partial charge in [0.1, 0.15) is 5.75 Å². The number of hydrogen-bond donors (Lipinski definition) is 1. The molecule has 98 valence electrons. The molecule has 0 heterocycles. The maximum atomic E-state index is 11.0.